The molecule has 3 rings (SSSR count). The predicted molar refractivity (Wildman–Crippen MR) is 94.2 cm³/mol. The van der Waals surface area contributed by atoms with Gasteiger partial charge in [-0.15, -0.1) is 9.97 Å². The topological polar surface area (TPSA) is 124 Å². The van der Waals surface area contributed by atoms with Gasteiger partial charge in [-0.3, -0.25) is 9.04 Å². The second-order valence-electron chi connectivity index (χ2n) is 6.00. The number of anilines is 2. The molecule has 1 aromatic heterocycles. The van der Waals surface area contributed by atoms with Crippen molar-refractivity contribution in [3.05, 3.63) is 24.3 Å². The largest absolute Gasteiger partial charge is 0.467 e. The summed E-state index contributed by atoms with van der Waals surface area (Å²) < 4.78 is 43.5. The number of methoxy groups -OCH3 is 1. The first-order valence-corrected chi connectivity index (χ1v) is 9.32. The molecule has 11 heteroatoms. The Morgan fingerprint density at radius 1 is 1.19 bits per heavy atom. The Hall–Kier alpha value is -2.34. The molecular formula is C15H20N5O5S+. The third kappa shape index (κ3) is 3.90. The average Bonchev–Trinajstić information content (AvgIpc) is 2.61. The van der Waals surface area contributed by atoms with Crippen LogP contribution in [-0.2, 0) is 14.9 Å². The molecule has 2 N–H and O–H groups in total. The van der Waals surface area contributed by atoms with Crippen LogP contribution in [0.3, 0.4) is 0 Å². The molecule has 1 aliphatic rings. The number of benzene rings is 1. The summed E-state index contributed by atoms with van der Waals surface area (Å²) in [6.45, 7) is 2.54. The van der Waals surface area contributed by atoms with Crippen LogP contribution < -0.4 is 14.5 Å². The lowest BCUT2D eigenvalue weighted by atomic mass is 10.3. The summed E-state index contributed by atoms with van der Waals surface area (Å²) in [6.07, 6.45) is 0. The van der Waals surface area contributed by atoms with E-state index in [0.29, 0.717) is 36.7 Å². The molecule has 0 bridgehead atoms. The van der Waals surface area contributed by atoms with Crippen LogP contribution in [0.15, 0.2) is 29.2 Å². The molecule has 140 valence electrons. The summed E-state index contributed by atoms with van der Waals surface area (Å²) in [6, 6.07) is 6.03. The minimum absolute atomic E-state index is 0.104. The van der Waals surface area contributed by atoms with Crippen LogP contribution in [-0.4, -0.2) is 68.4 Å². The third-order valence-corrected chi connectivity index (χ3v) is 5.05. The van der Waals surface area contributed by atoms with Crippen LogP contribution >= 0.6 is 0 Å². The molecule has 1 aliphatic heterocycles. The van der Waals surface area contributed by atoms with Crippen molar-refractivity contribution in [2.45, 2.75) is 4.90 Å². The number of hydrogen-bond donors (Lipinski definition) is 2. The SMILES string of the molecule is COc1nc(Nc2ccccc2S(=O)(=O)O)nc([N+]2(C)CCOCC2)n1. The van der Waals surface area contributed by atoms with Gasteiger partial charge >= 0.3 is 12.0 Å². The van der Waals surface area contributed by atoms with Gasteiger partial charge in [-0.2, -0.15) is 13.4 Å². The first-order valence-electron chi connectivity index (χ1n) is 7.88. The van der Waals surface area contributed by atoms with Gasteiger partial charge in [0.1, 0.15) is 18.0 Å². The van der Waals surface area contributed by atoms with Crippen molar-refractivity contribution in [3.8, 4) is 6.01 Å². The lowest BCUT2D eigenvalue weighted by Crippen LogP contribution is -2.54. The van der Waals surface area contributed by atoms with E-state index in [1.807, 2.05) is 7.05 Å². The lowest BCUT2D eigenvalue weighted by Gasteiger charge is -2.34. The van der Waals surface area contributed by atoms with Gasteiger partial charge in [0.15, 0.2) is 0 Å². The number of nitrogens with zero attached hydrogens (tertiary/aromatic N) is 4. The zero-order valence-electron chi connectivity index (χ0n) is 14.4. The van der Waals surface area contributed by atoms with Crippen LogP contribution in [0.4, 0.5) is 17.6 Å². The highest BCUT2D eigenvalue weighted by Gasteiger charge is 2.33. The fraction of sp³-hybridized carbons (Fsp3) is 0.400. The molecule has 2 heterocycles. The van der Waals surface area contributed by atoms with Crippen molar-refractivity contribution >= 4 is 27.7 Å². The number of aromatic nitrogens is 3. The van der Waals surface area contributed by atoms with E-state index in [1.54, 1.807) is 6.07 Å². The van der Waals surface area contributed by atoms with E-state index in [0.717, 1.165) is 0 Å². The average molecular weight is 382 g/mol. The second-order valence-corrected chi connectivity index (χ2v) is 7.39. The summed E-state index contributed by atoms with van der Waals surface area (Å²) in [5, 5.41) is 2.83. The Bertz CT molecular complexity index is 899. The van der Waals surface area contributed by atoms with E-state index in [-0.39, 0.29) is 22.5 Å². The zero-order chi connectivity index (χ0) is 18.8. The van der Waals surface area contributed by atoms with Gasteiger partial charge in [-0.05, 0) is 12.1 Å². The van der Waals surface area contributed by atoms with Crippen molar-refractivity contribution < 1.29 is 22.4 Å². The number of likely N-dealkylation sites (N-methyl/N-ethyl adjacent to an activating group) is 1. The monoisotopic (exact) mass is 382 g/mol. The highest BCUT2D eigenvalue weighted by atomic mass is 32.2. The molecule has 0 unspecified atom stereocenters. The number of hydrogen-bond acceptors (Lipinski definition) is 8. The predicted octanol–water partition coefficient (Wildman–Crippen LogP) is 0.838. The van der Waals surface area contributed by atoms with E-state index in [9.17, 15) is 13.0 Å². The molecule has 0 saturated carbocycles. The molecular weight excluding hydrogens is 362 g/mol. The molecule has 1 saturated heterocycles. The van der Waals surface area contributed by atoms with Gasteiger partial charge in [0.25, 0.3) is 10.1 Å². The van der Waals surface area contributed by atoms with Gasteiger partial charge in [-0.1, -0.05) is 12.1 Å². The van der Waals surface area contributed by atoms with Crippen LogP contribution in [0.1, 0.15) is 0 Å². The maximum Gasteiger partial charge on any atom is 0.336 e. The van der Waals surface area contributed by atoms with E-state index in [2.05, 4.69) is 20.3 Å². The molecule has 0 aliphatic carbocycles. The third-order valence-electron chi connectivity index (χ3n) is 4.14. The molecule has 0 amide bonds. The zero-order valence-corrected chi connectivity index (χ0v) is 15.2. The van der Waals surface area contributed by atoms with Crippen LogP contribution in [0.2, 0.25) is 0 Å². The molecule has 1 fully saturated rings. The summed E-state index contributed by atoms with van der Waals surface area (Å²) in [5.41, 5.74) is 0.152. The highest BCUT2D eigenvalue weighted by molar-refractivity contribution is 7.86. The Morgan fingerprint density at radius 3 is 2.54 bits per heavy atom. The van der Waals surface area contributed by atoms with Crippen LogP contribution in [0.5, 0.6) is 6.01 Å². The minimum Gasteiger partial charge on any atom is -0.467 e. The number of rotatable bonds is 5. The summed E-state index contributed by atoms with van der Waals surface area (Å²) >= 11 is 0. The van der Waals surface area contributed by atoms with Crippen LogP contribution in [0, 0.1) is 0 Å². The molecule has 1 aromatic carbocycles. The van der Waals surface area contributed by atoms with Gasteiger partial charge < -0.3 is 14.8 Å². The van der Waals surface area contributed by atoms with E-state index >= 15 is 0 Å². The fourth-order valence-corrected chi connectivity index (χ4v) is 3.24. The van der Waals surface area contributed by atoms with Crippen molar-refractivity contribution in [3.63, 3.8) is 0 Å². The maximum atomic E-state index is 11.6. The Balaban J connectivity index is 2.00. The maximum absolute atomic E-state index is 11.6. The normalized spacial score (nSPS) is 16.9. The Morgan fingerprint density at radius 2 is 1.88 bits per heavy atom. The number of morpholine rings is 1. The minimum atomic E-state index is -4.40. The summed E-state index contributed by atoms with van der Waals surface area (Å²) in [4.78, 5) is 12.6. The first kappa shape index (κ1) is 18.5. The molecule has 10 nitrogen and oxygen atoms in total. The van der Waals surface area contributed by atoms with E-state index in [1.165, 1.54) is 25.3 Å². The van der Waals surface area contributed by atoms with E-state index in [4.69, 9.17) is 9.47 Å². The van der Waals surface area contributed by atoms with Gasteiger partial charge in [0.05, 0.1) is 33.1 Å². The van der Waals surface area contributed by atoms with Gasteiger partial charge in [0, 0.05) is 0 Å². The van der Waals surface area contributed by atoms with Crippen molar-refractivity contribution in [2.24, 2.45) is 0 Å². The second kappa shape index (κ2) is 7.11. The van der Waals surface area contributed by atoms with Crippen LogP contribution in [0.25, 0.3) is 0 Å². The standard InChI is InChI=1S/C15H19N5O5S/c1-20(7-9-25-10-8-20)14-17-13(18-15(19-14)24-2)16-11-5-3-4-6-12(11)26(21,22)23/h3-6H,7-10H2,1-2H3,(H-,16,17,18,19,21,22,23)/p+1. The molecule has 26 heavy (non-hydrogen) atoms. The highest BCUT2D eigenvalue weighted by Crippen LogP contribution is 2.26. The van der Waals surface area contributed by atoms with Gasteiger partial charge in [0.2, 0.25) is 5.95 Å². The van der Waals surface area contributed by atoms with Gasteiger partial charge in [-0.25, -0.2) is 0 Å². The number of nitrogens with one attached hydrogen (secondary N) is 1. The first-order chi connectivity index (χ1) is 12.3. The van der Waals surface area contributed by atoms with Crippen molar-refractivity contribution in [1.82, 2.24) is 19.4 Å². The quantitative estimate of drug-likeness (QED) is 0.572. The van der Waals surface area contributed by atoms with Crippen molar-refractivity contribution in [1.29, 1.82) is 0 Å². The summed E-state index contributed by atoms with van der Waals surface area (Å²) in [7, 11) is -0.979. The smallest absolute Gasteiger partial charge is 0.336 e. The van der Waals surface area contributed by atoms with Crippen molar-refractivity contribution in [2.75, 3.05) is 45.8 Å². The fourth-order valence-electron chi connectivity index (χ4n) is 2.60. The molecule has 0 spiro atoms. The molecule has 2 aromatic rings. The lowest BCUT2D eigenvalue weighted by molar-refractivity contribution is 0.0493. The van der Waals surface area contributed by atoms with E-state index < -0.39 is 10.1 Å². The Kier molecular flexibility index (Phi) is 5.05. The number of ether oxygens (including phenoxy) is 2. The number of quaternary nitrogens is 1. The number of para-hydroxylation sites is 1. The summed E-state index contributed by atoms with van der Waals surface area (Å²) in [5.74, 6) is 0.598. The molecule has 0 atom stereocenters. The molecule has 0 radical (unpaired) electrons. The Labute approximate surface area is 151 Å².